The molecule has 0 unspecified atom stereocenters. The largest absolute Gasteiger partial charge is 0.464 e. The average Bonchev–Trinajstić information content (AvgIpc) is 2.79. The highest BCUT2D eigenvalue weighted by atomic mass is 16.6. The molecule has 0 aliphatic carbocycles. The molecular formula is C12H17NO4. The van der Waals surface area contributed by atoms with E-state index in [0.29, 0.717) is 13.2 Å². The average molecular weight is 239 g/mol. The van der Waals surface area contributed by atoms with Gasteiger partial charge in [-0.05, 0) is 18.9 Å². The maximum Gasteiger partial charge on any atom is 0.411 e. The molecule has 0 radical (unpaired) electrons. The number of nitrogens with zero attached hydrogens (tertiary/aromatic N) is 1. The second-order valence-corrected chi connectivity index (χ2v) is 4.61. The number of cyclic esters (lactones) is 1. The summed E-state index contributed by atoms with van der Waals surface area (Å²) in [6.45, 7) is 6.30. The van der Waals surface area contributed by atoms with Gasteiger partial charge in [-0.2, -0.15) is 0 Å². The van der Waals surface area contributed by atoms with Gasteiger partial charge in [0, 0.05) is 6.54 Å². The highest BCUT2D eigenvalue weighted by molar-refractivity contribution is 5.92. The Morgan fingerprint density at radius 3 is 3.00 bits per heavy atom. The Balaban J connectivity index is 2.40. The molecule has 5 heteroatoms. The topological polar surface area (TPSA) is 55.8 Å². The lowest BCUT2D eigenvalue weighted by Crippen LogP contribution is -2.55. The Hall–Kier alpha value is -1.52. The van der Waals surface area contributed by atoms with Crippen LogP contribution in [0.5, 0.6) is 0 Å². The number of carbonyl (C=O) groups excluding carboxylic acids is 2. The molecule has 0 N–H and O–H groups in total. The van der Waals surface area contributed by atoms with Gasteiger partial charge < -0.3 is 9.47 Å². The van der Waals surface area contributed by atoms with Gasteiger partial charge >= 0.3 is 12.1 Å². The van der Waals surface area contributed by atoms with Crippen molar-refractivity contribution >= 4 is 12.1 Å². The van der Waals surface area contributed by atoms with E-state index >= 15 is 0 Å². The zero-order chi connectivity index (χ0) is 12.6. The van der Waals surface area contributed by atoms with Crippen LogP contribution in [0.4, 0.5) is 4.79 Å². The van der Waals surface area contributed by atoms with Crippen molar-refractivity contribution in [1.29, 1.82) is 0 Å². The van der Waals surface area contributed by atoms with Crippen molar-refractivity contribution in [2.75, 3.05) is 13.2 Å². The molecule has 0 aromatic rings. The highest BCUT2D eigenvalue weighted by Gasteiger charge is 2.62. The van der Waals surface area contributed by atoms with Crippen molar-refractivity contribution in [1.82, 2.24) is 4.90 Å². The SMILES string of the molecule is CCOC(=O)[C@]12C=CCN1C(=O)O[C@H]2C(C)C. The van der Waals surface area contributed by atoms with Gasteiger partial charge in [0.25, 0.3) is 0 Å². The summed E-state index contributed by atoms with van der Waals surface area (Å²) in [5.41, 5.74) is -1.05. The smallest absolute Gasteiger partial charge is 0.411 e. The third-order valence-electron chi connectivity index (χ3n) is 3.20. The summed E-state index contributed by atoms with van der Waals surface area (Å²) in [4.78, 5) is 25.3. The third-order valence-corrected chi connectivity index (χ3v) is 3.20. The van der Waals surface area contributed by atoms with Crippen LogP contribution in [0.1, 0.15) is 20.8 Å². The molecule has 2 heterocycles. The van der Waals surface area contributed by atoms with E-state index in [0.717, 1.165) is 0 Å². The standard InChI is InChI=1S/C12H17NO4/c1-4-16-10(14)12-6-5-7-13(12)11(15)17-9(12)8(2)3/h5-6,8-9H,4,7H2,1-3H3/t9-,12+/m0/s1. The van der Waals surface area contributed by atoms with E-state index in [9.17, 15) is 9.59 Å². The second kappa shape index (κ2) is 4.05. The molecule has 2 rings (SSSR count). The molecule has 94 valence electrons. The molecule has 0 aromatic heterocycles. The highest BCUT2D eigenvalue weighted by Crippen LogP contribution is 2.40. The van der Waals surface area contributed by atoms with Crippen molar-refractivity contribution in [2.45, 2.75) is 32.4 Å². The van der Waals surface area contributed by atoms with E-state index in [2.05, 4.69) is 0 Å². The third kappa shape index (κ3) is 1.52. The maximum absolute atomic E-state index is 12.2. The summed E-state index contributed by atoms with van der Waals surface area (Å²) in [5.74, 6) is -0.352. The number of hydrogen-bond acceptors (Lipinski definition) is 4. The molecule has 1 saturated heterocycles. The first-order chi connectivity index (χ1) is 8.04. The molecule has 1 amide bonds. The Labute approximate surface area is 100 Å². The summed E-state index contributed by atoms with van der Waals surface area (Å²) >= 11 is 0. The number of amides is 1. The predicted molar refractivity (Wildman–Crippen MR) is 60.3 cm³/mol. The van der Waals surface area contributed by atoms with Crippen LogP contribution >= 0.6 is 0 Å². The van der Waals surface area contributed by atoms with Gasteiger partial charge in [-0.1, -0.05) is 19.9 Å². The van der Waals surface area contributed by atoms with Crippen LogP contribution < -0.4 is 0 Å². The zero-order valence-corrected chi connectivity index (χ0v) is 10.3. The number of fused-ring (bicyclic) bond motifs is 1. The van der Waals surface area contributed by atoms with Gasteiger partial charge in [0.15, 0.2) is 5.54 Å². The number of ether oxygens (including phenoxy) is 2. The molecule has 2 aliphatic heterocycles. The van der Waals surface area contributed by atoms with Crippen LogP contribution in [0.25, 0.3) is 0 Å². The normalized spacial score (nSPS) is 30.7. The Morgan fingerprint density at radius 1 is 1.71 bits per heavy atom. The van der Waals surface area contributed by atoms with E-state index in [-0.39, 0.29) is 5.92 Å². The molecule has 0 bridgehead atoms. The molecule has 0 saturated carbocycles. The maximum atomic E-state index is 12.2. The van der Waals surface area contributed by atoms with Crippen LogP contribution in [0.15, 0.2) is 12.2 Å². The van der Waals surface area contributed by atoms with E-state index in [4.69, 9.17) is 9.47 Å². The fourth-order valence-corrected chi connectivity index (χ4v) is 2.50. The molecule has 2 aliphatic rings. The first-order valence-electron chi connectivity index (χ1n) is 5.87. The summed E-state index contributed by atoms with van der Waals surface area (Å²) in [6.07, 6.45) is 2.63. The first-order valence-corrected chi connectivity index (χ1v) is 5.87. The van der Waals surface area contributed by atoms with Gasteiger partial charge in [-0.15, -0.1) is 0 Å². The summed E-state index contributed by atoms with van der Waals surface area (Å²) < 4.78 is 10.4. The summed E-state index contributed by atoms with van der Waals surface area (Å²) in [7, 11) is 0. The number of hydrogen-bond donors (Lipinski definition) is 0. The fraction of sp³-hybridized carbons (Fsp3) is 0.667. The number of rotatable bonds is 3. The lowest BCUT2D eigenvalue weighted by atomic mass is 9.86. The van der Waals surface area contributed by atoms with Crippen LogP contribution in [-0.4, -0.2) is 41.8 Å². The molecule has 17 heavy (non-hydrogen) atoms. The number of esters is 1. The van der Waals surface area contributed by atoms with Crippen molar-refractivity contribution < 1.29 is 19.1 Å². The van der Waals surface area contributed by atoms with Gasteiger partial charge in [-0.3, -0.25) is 4.90 Å². The first kappa shape index (κ1) is 12.0. The van der Waals surface area contributed by atoms with Gasteiger partial charge in [0.1, 0.15) is 6.10 Å². The van der Waals surface area contributed by atoms with Crippen molar-refractivity contribution in [3.05, 3.63) is 12.2 Å². The van der Waals surface area contributed by atoms with Crippen LogP contribution in [-0.2, 0) is 14.3 Å². The van der Waals surface area contributed by atoms with Crippen molar-refractivity contribution in [2.24, 2.45) is 5.92 Å². The minimum absolute atomic E-state index is 0.0520. The van der Waals surface area contributed by atoms with Gasteiger partial charge in [0.2, 0.25) is 0 Å². The van der Waals surface area contributed by atoms with Crippen LogP contribution in [0.2, 0.25) is 0 Å². The second-order valence-electron chi connectivity index (χ2n) is 4.61. The minimum atomic E-state index is -1.05. The van der Waals surface area contributed by atoms with E-state index in [1.54, 1.807) is 13.0 Å². The monoisotopic (exact) mass is 239 g/mol. The molecule has 2 atom stereocenters. The van der Waals surface area contributed by atoms with Gasteiger partial charge in [-0.25, -0.2) is 9.59 Å². The fourth-order valence-electron chi connectivity index (χ4n) is 2.50. The molecule has 5 nitrogen and oxygen atoms in total. The summed E-state index contributed by atoms with van der Waals surface area (Å²) in [5, 5.41) is 0. The van der Waals surface area contributed by atoms with Crippen molar-refractivity contribution in [3.63, 3.8) is 0 Å². The molecule has 0 aromatic carbocycles. The Morgan fingerprint density at radius 2 is 2.41 bits per heavy atom. The lowest BCUT2D eigenvalue weighted by molar-refractivity contribution is -0.154. The minimum Gasteiger partial charge on any atom is -0.464 e. The van der Waals surface area contributed by atoms with E-state index < -0.39 is 23.7 Å². The quantitative estimate of drug-likeness (QED) is 0.551. The van der Waals surface area contributed by atoms with Crippen molar-refractivity contribution in [3.8, 4) is 0 Å². The molecule has 1 fully saturated rings. The van der Waals surface area contributed by atoms with Crippen LogP contribution in [0.3, 0.4) is 0 Å². The lowest BCUT2D eigenvalue weighted by Gasteiger charge is -2.31. The Kier molecular flexibility index (Phi) is 2.85. The summed E-state index contributed by atoms with van der Waals surface area (Å²) in [6, 6.07) is 0. The Bertz CT molecular complexity index is 377. The van der Waals surface area contributed by atoms with Crippen LogP contribution in [0, 0.1) is 5.92 Å². The van der Waals surface area contributed by atoms with E-state index in [1.807, 2.05) is 19.9 Å². The predicted octanol–water partition coefficient (Wildman–Crippen LogP) is 1.33. The molecule has 0 spiro atoms. The number of carbonyl (C=O) groups is 2. The van der Waals surface area contributed by atoms with Gasteiger partial charge in [0.05, 0.1) is 6.61 Å². The van der Waals surface area contributed by atoms with E-state index in [1.165, 1.54) is 4.90 Å². The zero-order valence-electron chi connectivity index (χ0n) is 10.3. The molecular weight excluding hydrogens is 222 g/mol.